The third kappa shape index (κ3) is 2.51. The van der Waals surface area contributed by atoms with Crippen molar-refractivity contribution in [2.24, 2.45) is 11.8 Å². The van der Waals surface area contributed by atoms with Gasteiger partial charge in [-0.2, -0.15) is 0 Å². The molecule has 6 heteroatoms. The van der Waals surface area contributed by atoms with Gasteiger partial charge in [0, 0.05) is 11.4 Å². The van der Waals surface area contributed by atoms with Crippen LogP contribution in [0.15, 0.2) is 15.9 Å². The fourth-order valence-electron chi connectivity index (χ4n) is 3.58. The van der Waals surface area contributed by atoms with Crippen LogP contribution in [0.1, 0.15) is 24.1 Å². The highest BCUT2D eigenvalue weighted by Gasteiger charge is 2.49. The van der Waals surface area contributed by atoms with Crippen LogP contribution in [0.25, 0.3) is 0 Å². The summed E-state index contributed by atoms with van der Waals surface area (Å²) < 4.78 is 0.994. The SMILES string of the molecule is O=C(O)C1C2CCCC2CN1C(=O)Cc1ccc(Br)s1. The molecular formula is C14H16BrNO3S. The monoisotopic (exact) mass is 357 g/mol. The third-order valence-electron chi connectivity index (χ3n) is 4.42. The second kappa shape index (κ2) is 5.48. The van der Waals surface area contributed by atoms with Crippen molar-refractivity contribution in [2.45, 2.75) is 31.7 Å². The Balaban J connectivity index is 1.75. The van der Waals surface area contributed by atoms with Crippen LogP contribution in [-0.2, 0) is 16.0 Å². The van der Waals surface area contributed by atoms with Crippen LogP contribution in [0.2, 0.25) is 0 Å². The normalized spacial score (nSPS) is 28.6. The molecule has 3 unspecified atom stereocenters. The predicted molar refractivity (Wildman–Crippen MR) is 79.7 cm³/mol. The van der Waals surface area contributed by atoms with Crippen LogP contribution in [0.4, 0.5) is 0 Å². The minimum absolute atomic E-state index is 0.0545. The van der Waals surface area contributed by atoms with Gasteiger partial charge in [0.2, 0.25) is 5.91 Å². The Bertz CT molecular complexity index is 544. The summed E-state index contributed by atoms with van der Waals surface area (Å²) in [5, 5.41) is 9.45. The average Bonchev–Trinajstić information content (AvgIpc) is 3.02. The number of carbonyl (C=O) groups is 2. The van der Waals surface area contributed by atoms with E-state index in [4.69, 9.17) is 0 Å². The lowest BCUT2D eigenvalue weighted by Crippen LogP contribution is -2.43. The van der Waals surface area contributed by atoms with Crippen LogP contribution in [0, 0.1) is 11.8 Å². The zero-order valence-corrected chi connectivity index (χ0v) is 13.3. The minimum atomic E-state index is -0.847. The average molecular weight is 358 g/mol. The van der Waals surface area contributed by atoms with Gasteiger partial charge >= 0.3 is 5.97 Å². The van der Waals surface area contributed by atoms with E-state index in [1.54, 1.807) is 4.90 Å². The molecule has 108 valence electrons. The molecule has 1 aliphatic heterocycles. The summed E-state index contributed by atoms with van der Waals surface area (Å²) in [6.45, 7) is 0.618. The van der Waals surface area contributed by atoms with Crippen molar-refractivity contribution in [1.82, 2.24) is 4.90 Å². The number of amides is 1. The highest BCUT2D eigenvalue weighted by Crippen LogP contribution is 2.42. The number of rotatable bonds is 3. The first-order chi connectivity index (χ1) is 9.56. The van der Waals surface area contributed by atoms with Crippen molar-refractivity contribution >= 4 is 39.1 Å². The number of carboxylic acids is 1. The van der Waals surface area contributed by atoms with Gasteiger partial charge in [-0.25, -0.2) is 4.79 Å². The van der Waals surface area contributed by atoms with Gasteiger partial charge in [-0.3, -0.25) is 4.79 Å². The molecule has 2 aliphatic rings. The Labute approximate surface area is 129 Å². The van der Waals surface area contributed by atoms with Crippen LogP contribution in [0.3, 0.4) is 0 Å². The fourth-order valence-corrected chi connectivity index (χ4v) is 5.05. The summed E-state index contributed by atoms with van der Waals surface area (Å²) in [5.41, 5.74) is 0. The summed E-state index contributed by atoms with van der Waals surface area (Å²) in [6, 6.07) is 3.22. The molecule has 1 aliphatic carbocycles. The molecule has 0 aromatic carbocycles. The van der Waals surface area contributed by atoms with Gasteiger partial charge in [0.15, 0.2) is 0 Å². The third-order valence-corrected chi connectivity index (χ3v) is 6.04. The number of hydrogen-bond acceptors (Lipinski definition) is 3. The summed E-state index contributed by atoms with van der Waals surface area (Å²) in [5.74, 6) is -0.358. The number of likely N-dealkylation sites (tertiary alicyclic amines) is 1. The lowest BCUT2D eigenvalue weighted by atomic mass is 9.94. The summed E-state index contributed by atoms with van der Waals surface area (Å²) >= 11 is 4.91. The van der Waals surface area contributed by atoms with Crippen LogP contribution in [0.5, 0.6) is 0 Å². The molecule has 0 bridgehead atoms. The molecule has 1 saturated heterocycles. The van der Waals surface area contributed by atoms with Gasteiger partial charge in [-0.1, -0.05) is 6.42 Å². The zero-order chi connectivity index (χ0) is 14.3. The largest absolute Gasteiger partial charge is 0.480 e. The first-order valence-electron chi connectivity index (χ1n) is 6.82. The fraction of sp³-hybridized carbons (Fsp3) is 0.571. The molecule has 2 fully saturated rings. The smallest absolute Gasteiger partial charge is 0.326 e. The van der Waals surface area contributed by atoms with Gasteiger partial charge in [0.25, 0.3) is 0 Å². The van der Waals surface area contributed by atoms with E-state index in [1.807, 2.05) is 12.1 Å². The minimum Gasteiger partial charge on any atom is -0.480 e. The molecule has 0 radical (unpaired) electrons. The van der Waals surface area contributed by atoms with Crippen LogP contribution < -0.4 is 0 Å². The van der Waals surface area contributed by atoms with Crippen molar-refractivity contribution in [3.8, 4) is 0 Å². The van der Waals surface area contributed by atoms with E-state index in [0.717, 1.165) is 27.9 Å². The highest BCUT2D eigenvalue weighted by atomic mass is 79.9. The molecule has 3 rings (SSSR count). The topological polar surface area (TPSA) is 57.6 Å². The Morgan fingerprint density at radius 3 is 2.85 bits per heavy atom. The van der Waals surface area contributed by atoms with E-state index in [1.165, 1.54) is 11.3 Å². The molecule has 20 heavy (non-hydrogen) atoms. The molecule has 1 aromatic rings. The molecule has 4 nitrogen and oxygen atoms in total. The summed E-state index contributed by atoms with van der Waals surface area (Å²) in [7, 11) is 0. The molecule has 1 aromatic heterocycles. The maximum atomic E-state index is 12.4. The number of aliphatic carboxylic acids is 1. The molecule has 1 amide bonds. The number of carbonyl (C=O) groups excluding carboxylic acids is 1. The highest BCUT2D eigenvalue weighted by molar-refractivity contribution is 9.11. The number of halogens is 1. The van der Waals surface area contributed by atoms with Gasteiger partial charge in [-0.05, 0) is 52.7 Å². The maximum absolute atomic E-state index is 12.4. The zero-order valence-electron chi connectivity index (χ0n) is 10.9. The number of fused-ring (bicyclic) bond motifs is 1. The van der Waals surface area contributed by atoms with Crippen molar-refractivity contribution < 1.29 is 14.7 Å². The van der Waals surface area contributed by atoms with Gasteiger partial charge in [0.05, 0.1) is 10.2 Å². The Morgan fingerprint density at radius 1 is 1.40 bits per heavy atom. The van der Waals surface area contributed by atoms with Gasteiger partial charge in [0.1, 0.15) is 6.04 Å². The molecule has 0 spiro atoms. The molecule has 1 saturated carbocycles. The standard InChI is InChI=1S/C14H16BrNO3S/c15-11-5-4-9(20-11)6-12(17)16-7-8-2-1-3-10(8)13(16)14(18)19/h4-5,8,10,13H,1-3,6-7H2,(H,18,19). The Hall–Kier alpha value is -0.880. The number of thiophene rings is 1. The van der Waals surface area contributed by atoms with E-state index >= 15 is 0 Å². The van der Waals surface area contributed by atoms with Crippen molar-refractivity contribution in [1.29, 1.82) is 0 Å². The van der Waals surface area contributed by atoms with Crippen LogP contribution >= 0.6 is 27.3 Å². The van der Waals surface area contributed by atoms with E-state index in [9.17, 15) is 14.7 Å². The van der Waals surface area contributed by atoms with Crippen LogP contribution in [-0.4, -0.2) is 34.5 Å². The summed E-state index contributed by atoms with van der Waals surface area (Å²) in [4.78, 5) is 26.5. The number of hydrogen-bond donors (Lipinski definition) is 1. The lowest BCUT2D eigenvalue weighted by Gasteiger charge is -2.24. The number of nitrogens with zero attached hydrogens (tertiary/aromatic N) is 1. The molecule has 2 heterocycles. The summed E-state index contributed by atoms with van der Waals surface area (Å²) in [6.07, 6.45) is 3.40. The van der Waals surface area contributed by atoms with Gasteiger partial charge in [-0.15, -0.1) is 11.3 Å². The van der Waals surface area contributed by atoms with E-state index in [0.29, 0.717) is 18.9 Å². The maximum Gasteiger partial charge on any atom is 0.326 e. The van der Waals surface area contributed by atoms with E-state index in [-0.39, 0.29) is 11.8 Å². The number of carboxylic acid groups (broad SMARTS) is 1. The first-order valence-corrected chi connectivity index (χ1v) is 8.43. The molecule has 1 N–H and O–H groups in total. The van der Waals surface area contributed by atoms with Gasteiger partial charge < -0.3 is 10.0 Å². The van der Waals surface area contributed by atoms with Crippen molar-refractivity contribution in [3.63, 3.8) is 0 Å². The molecular weight excluding hydrogens is 342 g/mol. The molecule has 3 atom stereocenters. The second-order valence-corrected chi connectivity index (χ2v) is 8.11. The van der Waals surface area contributed by atoms with E-state index < -0.39 is 12.0 Å². The van der Waals surface area contributed by atoms with E-state index in [2.05, 4.69) is 15.9 Å². The quantitative estimate of drug-likeness (QED) is 0.904. The van der Waals surface area contributed by atoms with Crippen molar-refractivity contribution in [3.05, 3.63) is 20.8 Å². The Morgan fingerprint density at radius 2 is 2.20 bits per heavy atom. The van der Waals surface area contributed by atoms with Crippen molar-refractivity contribution in [2.75, 3.05) is 6.54 Å². The first kappa shape index (κ1) is 14.1. The second-order valence-electron chi connectivity index (χ2n) is 5.57. The predicted octanol–water partition coefficient (Wildman–Crippen LogP) is 2.76. The lowest BCUT2D eigenvalue weighted by molar-refractivity contribution is -0.149. The Kier molecular flexibility index (Phi) is 3.86.